The van der Waals surface area contributed by atoms with E-state index in [1.165, 1.54) is 24.1 Å². The molecule has 1 aliphatic rings. The zero-order chi connectivity index (χ0) is 12.0. The van der Waals surface area contributed by atoms with Gasteiger partial charge in [0.2, 0.25) is 0 Å². The zero-order valence-electron chi connectivity index (χ0n) is 10.6. The second-order valence-electron chi connectivity index (χ2n) is 4.98. The fourth-order valence-electron chi connectivity index (χ4n) is 2.48. The fourth-order valence-corrected chi connectivity index (χ4v) is 3.25. The Morgan fingerprint density at radius 2 is 2.53 bits per heavy atom. The van der Waals surface area contributed by atoms with Crippen LogP contribution in [0.2, 0.25) is 0 Å². The maximum absolute atomic E-state index is 5.71. The number of hydrogen-bond acceptors (Lipinski definition) is 4. The van der Waals surface area contributed by atoms with Crippen LogP contribution < -0.4 is 5.32 Å². The Morgan fingerprint density at radius 3 is 3.18 bits per heavy atom. The lowest BCUT2D eigenvalue weighted by molar-refractivity contribution is -0.00667. The van der Waals surface area contributed by atoms with E-state index >= 15 is 0 Å². The summed E-state index contributed by atoms with van der Waals surface area (Å²) in [5, 5.41) is 3.56. The van der Waals surface area contributed by atoms with Crippen molar-refractivity contribution >= 4 is 11.3 Å². The van der Waals surface area contributed by atoms with Gasteiger partial charge in [0.15, 0.2) is 0 Å². The van der Waals surface area contributed by atoms with Gasteiger partial charge in [-0.3, -0.25) is 4.98 Å². The molecule has 1 aliphatic heterocycles. The fraction of sp³-hybridized carbons (Fsp3) is 0.769. The van der Waals surface area contributed by atoms with Crippen LogP contribution >= 0.6 is 11.3 Å². The molecule has 0 radical (unpaired) electrons. The highest BCUT2D eigenvalue weighted by molar-refractivity contribution is 7.09. The maximum Gasteiger partial charge on any atom is 0.0794 e. The van der Waals surface area contributed by atoms with Gasteiger partial charge < -0.3 is 10.1 Å². The molecule has 0 aromatic carbocycles. The molecule has 96 valence electrons. The van der Waals surface area contributed by atoms with Crippen molar-refractivity contribution in [3.63, 3.8) is 0 Å². The average Bonchev–Trinajstić information content (AvgIpc) is 2.83. The van der Waals surface area contributed by atoms with Gasteiger partial charge in [0, 0.05) is 29.6 Å². The Labute approximate surface area is 108 Å². The number of nitrogens with zero attached hydrogens (tertiary/aromatic N) is 1. The van der Waals surface area contributed by atoms with Gasteiger partial charge in [-0.25, -0.2) is 0 Å². The summed E-state index contributed by atoms with van der Waals surface area (Å²) in [6, 6.07) is 0. The highest BCUT2D eigenvalue weighted by Crippen LogP contribution is 2.33. The molecule has 0 spiro atoms. The van der Waals surface area contributed by atoms with Gasteiger partial charge >= 0.3 is 0 Å². The summed E-state index contributed by atoms with van der Waals surface area (Å²) >= 11 is 1.76. The lowest BCUT2D eigenvalue weighted by Crippen LogP contribution is -2.42. The van der Waals surface area contributed by atoms with Crippen LogP contribution in [-0.2, 0) is 11.2 Å². The normalized spacial score (nSPS) is 25.0. The summed E-state index contributed by atoms with van der Waals surface area (Å²) < 4.78 is 5.71. The topological polar surface area (TPSA) is 34.2 Å². The standard InChI is InChI=1S/C13H22N2OS/c1-2-5-14-9-13(4-3-6-16-10-13)7-12-8-15-11-17-12/h8,11,14H,2-7,9-10H2,1H3. The molecular weight excluding hydrogens is 232 g/mol. The molecule has 0 amide bonds. The van der Waals surface area contributed by atoms with Crippen molar-refractivity contribution in [3.8, 4) is 0 Å². The Hall–Kier alpha value is -0.450. The summed E-state index contributed by atoms with van der Waals surface area (Å²) in [5.74, 6) is 0. The SMILES string of the molecule is CCCNCC1(Cc2cncs2)CCCOC1. The Balaban J connectivity index is 1.95. The summed E-state index contributed by atoms with van der Waals surface area (Å²) in [5.41, 5.74) is 2.21. The number of thiazole rings is 1. The number of hydrogen-bond donors (Lipinski definition) is 1. The van der Waals surface area contributed by atoms with Gasteiger partial charge in [-0.1, -0.05) is 6.92 Å². The number of nitrogens with one attached hydrogen (secondary N) is 1. The van der Waals surface area contributed by atoms with E-state index in [-0.39, 0.29) is 0 Å². The molecular formula is C13H22N2OS. The predicted molar refractivity (Wildman–Crippen MR) is 71.5 cm³/mol. The van der Waals surface area contributed by atoms with Crippen LogP contribution in [0.25, 0.3) is 0 Å². The van der Waals surface area contributed by atoms with Gasteiger partial charge in [-0.15, -0.1) is 11.3 Å². The van der Waals surface area contributed by atoms with E-state index < -0.39 is 0 Å². The first-order valence-corrected chi connectivity index (χ1v) is 7.38. The van der Waals surface area contributed by atoms with Gasteiger partial charge in [-0.05, 0) is 32.2 Å². The van der Waals surface area contributed by atoms with Crippen LogP contribution in [0.15, 0.2) is 11.7 Å². The lowest BCUT2D eigenvalue weighted by Gasteiger charge is -2.37. The molecule has 1 aromatic heterocycles. The molecule has 1 aromatic rings. The minimum Gasteiger partial charge on any atom is -0.381 e. The zero-order valence-corrected chi connectivity index (χ0v) is 11.4. The van der Waals surface area contributed by atoms with Crippen LogP contribution in [0.5, 0.6) is 0 Å². The predicted octanol–water partition coefficient (Wildman–Crippen LogP) is 2.48. The molecule has 1 atom stereocenters. The molecule has 0 aliphatic carbocycles. The Morgan fingerprint density at radius 1 is 1.59 bits per heavy atom. The molecule has 2 heterocycles. The molecule has 17 heavy (non-hydrogen) atoms. The van der Waals surface area contributed by atoms with E-state index in [4.69, 9.17) is 4.74 Å². The van der Waals surface area contributed by atoms with E-state index in [9.17, 15) is 0 Å². The van der Waals surface area contributed by atoms with E-state index in [0.29, 0.717) is 5.41 Å². The van der Waals surface area contributed by atoms with Gasteiger partial charge in [0.25, 0.3) is 0 Å². The maximum atomic E-state index is 5.71. The van der Waals surface area contributed by atoms with Crippen LogP contribution in [0.4, 0.5) is 0 Å². The lowest BCUT2D eigenvalue weighted by atomic mass is 9.79. The van der Waals surface area contributed by atoms with Gasteiger partial charge in [0.05, 0.1) is 12.1 Å². The van der Waals surface area contributed by atoms with Crippen LogP contribution in [0.1, 0.15) is 31.1 Å². The third-order valence-electron chi connectivity index (χ3n) is 3.36. The molecule has 3 nitrogen and oxygen atoms in total. The number of rotatable bonds is 6. The monoisotopic (exact) mass is 254 g/mol. The minimum atomic E-state index is 0.292. The third kappa shape index (κ3) is 3.76. The molecule has 1 N–H and O–H groups in total. The molecule has 1 unspecified atom stereocenters. The molecule has 4 heteroatoms. The first-order chi connectivity index (χ1) is 8.35. The van der Waals surface area contributed by atoms with Crippen molar-refractivity contribution < 1.29 is 4.74 Å². The molecule has 1 saturated heterocycles. The highest BCUT2D eigenvalue weighted by atomic mass is 32.1. The quantitative estimate of drug-likeness (QED) is 0.792. The van der Waals surface area contributed by atoms with Crippen LogP contribution in [-0.4, -0.2) is 31.3 Å². The average molecular weight is 254 g/mol. The van der Waals surface area contributed by atoms with Crippen molar-refractivity contribution in [2.24, 2.45) is 5.41 Å². The number of aromatic nitrogens is 1. The van der Waals surface area contributed by atoms with Crippen molar-refractivity contribution in [1.29, 1.82) is 0 Å². The molecule has 0 bridgehead atoms. The summed E-state index contributed by atoms with van der Waals surface area (Å²) in [4.78, 5) is 5.56. The van der Waals surface area contributed by atoms with E-state index in [1.807, 2.05) is 11.7 Å². The van der Waals surface area contributed by atoms with Gasteiger partial charge in [-0.2, -0.15) is 0 Å². The van der Waals surface area contributed by atoms with E-state index in [2.05, 4.69) is 17.2 Å². The van der Waals surface area contributed by atoms with Gasteiger partial charge in [0.1, 0.15) is 0 Å². The molecule has 0 saturated carbocycles. The first kappa shape index (κ1) is 13.0. The summed E-state index contributed by atoms with van der Waals surface area (Å²) in [6.45, 7) is 6.20. The molecule has 1 fully saturated rings. The Bertz CT molecular complexity index is 307. The van der Waals surface area contributed by atoms with E-state index in [1.54, 1.807) is 11.3 Å². The largest absolute Gasteiger partial charge is 0.381 e. The summed E-state index contributed by atoms with van der Waals surface area (Å²) in [7, 11) is 0. The van der Waals surface area contributed by atoms with Crippen molar-refractivity contribution in [2.45, 2.75) is 32.6 Å². The second kappa shape index (κ2) is 6.47. The van der Waals surface area contributed by atoms with Crippen molar-refractivity contribution in [2.75, 3.05) is 26.3 Å². The minimum absolute atomic E-state index is 0.292. The summed E-state index contributed by atoms with van der Waals surface area (Å²) in [6.07, 6.45) is 6.75. The third-order valence-corrected chi connectivity index (χ3v) is 4.14. The second-order valence-corrected chi connectivity index (χ2v) is 5.95. The molecule has 2 rings (SSSR count). The smallest absolute Gasteiger partial charge is 0.0794 e. The first-order valence-electron chi connectivity index (χ1n) is 6.50. The van der Waals surface area contributed by atoms with Crippen LogP contribution in [0, 0.1) is 5.41 Å². The van der Waals surface area contributed by atoms with E-state index in [0.717, 1.165) is 32.7 Å². The van der Waals surface area contributed by atoms with Crippen LogP contribution in [0.3, 0.4) is 0 Å². The number of ether oxygens (including phenoxy) is 1. The van der Waals surface area contributed by atoms with Crippen molar-refractivity contribution in [3.05, 3.63) is 16.6 Å². The highest BCUT2D eigenvalue weighted by Gasteiger charge is 2.33. The van der Waals surface area contributed by atoms with Crippen molar-refractivity contribution in [1.82, 2.24) is 10.3 Å². The Kier molecular flexibility index (Phi) is 4.95.